The molecule has 0 aliphatic heterocycles. The lowest BCUT2D eigenvalue weighted by Gasteiger charge is -2.20. The molecule has 1 unspecified atom stereocenters. The minimum Gasteiger partial charge on any atom is -0.336 e. The fraction of sp³-hybridized carbons (Fsp3) is 0.300. The lowest BCUT2D eigenvalue weighted by molar-refractivity contribution is -0.133. The van der Waals surface area contributed by atoms with Crippen molar-refractivity contribution >= 4 is 33.4 Å². The third kappa shape index (κ3) is 5.71. The number of carbonyl (C=O) groups is 2. The van der Waals surface area contributed by atoms with Crippen LogP contribution in [-0.4, -0.2) is 30.3 Å². The van der Waals surface area contributed by atoms with Crippen LogP contribution in [0.4, 0.5) is 5.69 Å². The van der Waals surface area contributed by atoms with E-state index in [0.29, 0.717) is 6.42 Å². The lowest BCUT2D eigenvalue weighted by Crippen LogP contribution is -2.35. The molecule has 0 saturated carbocycles. The summed E-state index contributed by atoms with van der Waals surface area (Å²) in [6, 6.07) is 15.6. The Kier molecular flexibility index (Phi) is 6.76. The Hall–Kier alpha value is -2.14. The summed E-state index contributed by atoms with van der Waals surface area (Å²) in [5.41, 5.74) is 2.85. The van der Waals surface area contributed by atoms with Gasteiger partial charge in [0.25, 0.3) is 0 Å². The molecular weight excluding hydrogens is 380 g/mol. The molecule has 2 rings (SSSR count). The Morgan fingerprint density at radius 2 is 1.84 bits per heavy atom. The summed E-state index contributed by atoms with van der Waals surface area (Å²) in [4.78, 5) is 26.0. The van der Waals surface area contributed by atoms with Crippen molar-refractivity contribution in [2.24, 2.45) is 0 Å². The van der Waals surface area contributed by atoms with Crippen LogP contribution in [0.2, 0.25) is 0 Å². The Labute approximate surface area is 157 Å². The molecule has 1 N–H and O–H groups in total. The molecule has 1 atom stereocenters. The minimum absolute atomic E-state index is 0.0375. The van der Waals surface area contributed by atoms with E-state index in [1.165, 1.54) is 4.90 Å². The standard InChI is InChI=1S/C20H23BrN2O2/c1-14(16-7-5-4-6-8-16)12-20(25)23(3)13-19(24)22-18-10-9-17(21)11-15(18)2/h4-11,14H,12-13H2,1-3H3,(H,22,24). The fourth-order valence-electron chi connectivity index (χ4n) is 2.58. The maximum atomic E-state index is 12.4. The third-order valence-electron chi connectivity index (χ3n) is 4.12. The first kappa shape index (κ1) is 19.2. The number of nitrogens with one attached hydrogen (secondary N) is 1. The summed E-state index contributed by atoms with van der Waals surface area (Å²) >= 11 is 3.40. The van der Waals surface area contributed by atoms with Crippen molar-refractivity contribution < 1.29 is 9.59 Å². The molecule has 0 fully saturated rings. The van der Waals surface area contributed by atoms with Crippen LogP contribution in [-0.2, 0) is 9.59 Å². The van der Waals surface area contributed by atoms with Gasteiger partial charge in [-0.2, -0.15) is 0 Å². The second kappa shape index (κ2) is 8.81. The van der Waals surface area contributed by atoms with E-state index in [4.69, 9.17) is 0 Å². The van der Waals surface area contributed by atoms with Gasteiger partial charge in [0, 0.05) is 23.6 Å². The lowest BCUT2D eigenvalue weighted by atomic mass is 9.97. The van der Waals surface area contributed by atoms with E-state index in [-0.39, 0.29) is 24.3 Å². The van der Waals surface area contributed by atoms with Gasteiger partial charge >= 0.3 is 0 Å². The van der Waals surface area contributed by atoms with Gasteiger partial charge in [0.15, 0.2) is 0 Å². The Balaban J connectivity index is 1.88. The van der Waals surface area contributed by atoms with Crippen molar-refractivity contribution in [3.63, 3.8) is 0 Å². The van der Waals surface area contributed by atoms with Crippen molar-refractivity contribution in [1.29, 1.82) is 0 Å². The number of amides is 2. The highest BCUT2D eigenvalue weighted by molar-refractivity contribution is 9.10. The maximum Gasteiger partial charge on any atom is 0.243 e. The van der Waals surface area contributed by atoms with Gasteiger partial charge in [-0.15, -0.1) is 0 Å². The van der Waals surface area contributed by atoms with E-state index in [2.05, 4.69) is 21.2 Å². The van der Waals surface area contributed by atoms with Crippen LogP contribution in [0.25, 0.3) is 0 Å². The minimum atomic E-state index is -0.200. The first-order chi connectivity index (χ1) is 11.9. The van der Waals surface area contributed by atoms with E-state index >= 15 is 0 Å². The number of hydrogen-bond donors (Lipinski definition) is 1. The van der Waals surface area contributed by atoms with Crippen LogP contribution < -0.4 is 5.32 Å². The molecule has 0 aliphatic carbocycles. The Morgan fingerprint density at radius 3 is 2.48 bits per heavy atom. The molecule has 0 spiro atoms. The number of aryl methyl sites for hydroxylation is 1. The largest absolute Gasteiger partial charge is 0.336 e. The molecular formula is C20H23BrN2O2. The topological polar surface area (TPSA) is 49.4 Å². The van der Waals surface area contributed by atoms with Crippen LogP contribution in [0.1, 0.15) is 30.4 Å². The van der Waals surface area contributed by atoms with Gasteiger partial charge in [0.2, 0.25) is 11.8 Å². The number of nitrogens with zero attached hydrogens (tertiary/aromatic N) is 1. The number of benzene rings is 2. The number of hydrogen-bond acceptors (Lipinski definition) is 2. The number of halogens is 1. The van der Waals surface area contributed by atoms with E-state index in [1.54, 1.807) is 7.05 Å². The van der Waals surface area contributed by atoms with Crippen LogP contribution in [0.3, 0.4) is 0 Å². The fourth-order valence-corrected chi connectivity index (χ4v) is 3.05. The van der Waals surface area contributed by atoms with Crippen molar-refractivity contribution in [2.45, 2.75) is 26.2 Å². The van der Waals surface area contributed by atoms with Crippen molar-refractivity contribution in [2.75, 3.05) is 18.9 Å². The van der Waals surface area contributed by atoms with Gasteiger partial charge in [-0.05, 0) is 42.2 Å². The summed E-state index contributed by atoms with van der Waals surface area (Å²) < 4.78 is 0.963. The summed E-state index contributed by atoms with van der Waals surface area (Å²) in [5.74, 6) is -0.124. The van der Waals surface area contributed by atoms with Crippen molar-refractivity contribution in [3.05, 3.63) is 64.1 Å². The molecule has 25 heavy (non-hydrogen) atoms. The van der Waals surface area contributed by atoms with Gasteiger partial charge in [-0.25, -0.2) is 0 Å². The van der Waals surface area contributed by atoms with Crippen molar-refractivity contribution in [1.82, 2.24) is 4.90 Å². The number of rotatable bonds is 6. The quantitative estimate of drug-likeness (QED) is 0.780. The average molecular weight is 403 g/mol. The van der Waals surface area contributed by atoms with Gasteiger partial charge in [-0.1, -0.05) is 53.2 Å². The van der Waals surface area contributed by atoms with E-state index in [1.807, 2.05) is 62.4 Å². The summed E-state index contributed by atoms with van der Waals surface area (Å²) in [7, 11) is 1.66. The number of likely N-dealkylation sites (N-methyl/N-ethyl adjacent to an activating group) is 1. The highest BCUT2D eigenvalue weighted by Gasteiger charge is 2.17. The normalized spacial score (nSPS) is 11.7. The van der Waals surface area contributed by atoms with Crippen LogP contribution in [0.5, 0.6) is 0 Å². The number of anilines is 1. The van der Waals surface area contributed by atoms with Gasteiger partial charge in [0.05, 0.1) is 6.54 Å². The molecule has 0 heterocycles. The Morgan fingerprint density at radius 1 is 1.16 bits per heavy atom. The predicted octanol–water partition coefficient (Wildman–Crippen LogP) is 4.35. The van der Waals surface area contributed by atoms with Crippen molar-refractivity contribution in [3.8, 4) is 0 Å². The highest BCUT2D eigenvalue weighted by atomic mass is 79.9. The molecule has 2 aromatic rings. The zero-order valence-corrected chi connectivity index (χ0v) is 16.3. The monoisotopic (exact) mass is 402 g/mol. The van der Waals surface area contributed by atoms with Gasteiger partial charge < -0.3 is 10.2 Å². The molecule has 132 valence electrons. The van der Waals surface area contributed by atoms with Gasteiger partial charge in [-0.3, -0.25) is 9.59 Å². The molecule has 5 heteroatoms. The predicted molar refractivity (Wildman–Crippen MR) is 105 cm³/mol. The van der Waals surface area contributed by atoms with Gasteiger partial charge in [0.1, 0.15) is 0 Å². The van der Waals surface area contributed by atoms with E-state index < -0.39 is 0 Å². The molecule has 0 radical (unpaired) electrons. The summed E-state index contributed by atoms with van der Waals surface area (Å²) in [5, 5.41) is 2.85. The zero-order valence-electron chi connectivity index (χ0n) is 14.8. The molecule has 0 aromatic heterocycles. The second-order valence-corrected chi connectivity index (χ2v) is 7.19. The maximum absolute atomic E-state index is 12.4. The molecule has 2 aromatic carbocycles. The first-order valence-corrected chi connectivity index (χ1v) is 9.01. The van der Waals surface area contributed by atoms with Crippen LogP contribution in [0.15, 0.2) is 53.0 Å². The molecule has 2 amide bonds. The second-order valence-electron chi connectivity index (χ2n) is 6.27. The third-order valence-corrected chi connectivity index (χ3v) is 4.61. The molecule has 0 aliphatic rings. The first-order valence-electron chi connectivity index (χ1n) is 8.21. The summed E-state index contributed by atoms with van der Waals surface area (Å²) in [6.07, 6.45) is 0.380. The van der Waals surface area contributed by atoms with E-state index in [0.717, 1.165) is 21.3 Å². The SMILES string of the molecule is Cc1cc(Br)ccc1NC(=O)CN(C)C(=O)CC(C)c1ccccc1. The zero-order chi connectivity index (χ0) is 18.4. The van der Waals surface area contributed by atoms with Crippen LogP contribution in [0, 0.1) is 6.92 Å². The van der Waals surface area contributed by atoms with E-state index in [9.17, 15) is 9.59 Å². The molecule has 0 bridgehead atoms. The highest BCUT2D eigenvalue weighted by Crippen LogP contribution is 2.21. The smallest absolute Gasteiger partial charge is 0.243 e. The average Bonchev–Trinajstić information content (AvgIpc) is 2.58. The van der Waals surface area contributed by atoms with Crippen LogP contribution >= 0.6 is 15.9 Å². The molecule has 0 saturated heterocycles. The molecule has 4 nitrogen and oxygen atoms in total. The number of carbonyl (C=O) groups excluding carboxylic acids is 2. The summed E-state index contributed by atoms with van der Waals surface area (Å²) in [6.45, 7) is 3.99. The Bertz CT molecular complexity index is 747.